The molecule has 0 rings (SSSR count). The number of hydrogen-bond acceptors (Lipinski definition) is 7. The summed E-state index contributed by atoms with van der Waals surface area (Å²) in [5, 5.41) is 0. The van der Waals surface area contributed by atoms with E-state index >= 15 is 0 Å². The first-order chi connectivity index (χ1) is 14.2. The lowest BCUT2D eigenvalue weighted by molar-refractivity contribution is 0.153. The van der Waals surface area contributed by atoms with E-state index in [4.69, 9.17) is 13.3 Å². The van der Waals surface area contributed by atoms with Crippen molar-refractivity contribution in [2.45, 2.75) is 110 Å². The normalized spacial score (nSPS) is 12.0. The van der Waals surface area contributed by atoms with Crippen molar-refractivity contribution in [2.75, 3.05) is 27.1 Å². The first-order valence-electron chi connectivity index (χ1n) is 11.5. The molecular formula is C21H46O3S4Si. The molecule has 0 saturated heterocycles. The minimum Gasteiger partial charge on any atom is -0.368 e. The summed E-state index contributed by atoms with van der Waals surface area (Å²) in [6.07, 6.45) is 22.8. The predicted molar refractivity (Wildman–Crippen MR) is 142 cm³/mol. The van der Waals surface area contributed by atoms with Crippen molar-refractivity contribution in [2.24, 2.45) is 0 Å². The van der Waals surface area contributed by atoms with Crippen molar-refractivity contribution in [1.82, 2.24) is 0 Å². The molecule has 176 valence electrons. The van der Waals surface area contributed by atoms with Crippen molar-refractivity contribution >= 4 is 48.6 Å². The summed E-state index contributed by atoms with van der Waals surface area (Å²) in [5.41, 5.74) is 0. The largest absolute Gasteiger partial charge is 0.584 e. The third-order valence-electron chi connectivity index (χ3n) is 5.04. The molecule has 0 amide bonds. The van der Waals surface area contributed by atoms with E-state index < -0.39 is 7.95 Å². The maximum absolute atomic E-state index is 5.39. The van der Waals surface area contributed by atoms with Gasteiger partial charge in [0.05, 0.1) is 0 Å². The zero-order valence-corrected chi connectivity index (χ0v) is 23.6. The standard InChI is InChI=1S/C21H46O3S4Si/c1-5-6-7-8-9-10-11-12-13-14-15-16-17-18-19-20-21-25-26-27-28-29(22-2,23-3)24-4/h5-21H2,1-4H3. The molecule has 0 aromatic heterocycles. The molecule has 0 atom stereocenters. The zero-order valence-electron chi connectivity index (χ0n) is 19.4. The van der Waals surface area contributed by atoms with Crippen LogP contribution in [0.5, 0.6) is 0 Å². The molecule has 0 radical (unpaired) electrons. The summed E-state index contributed by atoms with van der Waals surface area (Å²) in [6.45, 7) is 2.29. The SMILES string of the molecule is CCCCCCCCCCCCCCCCCCSSSS[Si](OC)(OC)OC. The van der Waals surface area contributed by atoms with Crippen LogP contribution < -0.4 is 0 Å². The molecule has 0 N–H and O–H groups in total. The van der Waals surface area contributed by atoms with E-state index in [1.165, 1.54) is 108 Å². The average molecular weight is 503 g/mol. The van der Waals surface area contributed by atoms with Gasteiger partial charge in [0.2, 0.25) is 0 Å². The van der Waals surface area contributed by atoms with Crippen LogP contribution in [0.2, 0.25) is 0 Å². The molecule has 0 bridgehead atoms. The van der Waals surface area contributed by atoms with Crippen LogP contribution >= 0.6 is 40.7 Å². The van der Waals surface area contributed by atoms with Crippen molar-refractivity contribution in [3.63, 3.8) is 0 Å². The van der Waals surface area contributed by atoms with E-state index in [0.717, 1.165) is 0 Å². The highest BCUT2D eigenvalue weighted by Gasteiger charge is 2.40. The molecule has 8 heteroatoms. The third-order valence-corrected chi connectivity index (χ3v) is 17.8. The van der Waals surface area contributed by atoms with E-state index in [1.807, 2.05) is 10.8 Å². The number of hydrogen-bond donors (Lipinski definition) is 0. The molecule has 3 nitrogen and oxygen atoms in total. The lowest BCUT2D eigenvalue weighted by Crippen LogP contribution is -2.38. The van der Waals surface area contributed by atoms with Crippen LogP contribution in [-0.4, -0.2) is 35.0 Å². The highest BCUT2D eigenvalue weighted by molar-refractivity contribution is 9.28. The zero-order chi connectivity index (χ0) is 21.5. The van der Waals surface area contributed by atoms with Gasteiger partial charge in [0.15, 0.2) is 0 Å². The summed E-state index contributed by atoms with van der Waals surface area (Å²) in [6, 6.07) is 0. The Bertz CT molecular complexity index is 316. The van der Waals surface area contributed by atoms with Crippen LogP contribution in [0, 0.1) is 0 Å². The van der Waals surface area contributed by atoms with E-state index in [-0.39, 0.29) is 0 Å². The lowest BCUT2D eigenvalue weighted by atomic mass is 10.0. The van der Waals surface area contributed by atoms with E-state index in [9.17, 15) is 0 Å². The molecule has 29 heavy (non-hydrogen) atoms. The predicted octanol–water partition coefficient (Wildman–Crippen LogP) is 9.30. The maximum atomic E-state index is 5.39. The van der Waals surface area contributed by atoms with Crippen LogP contribution in [0.15, 0.2) is 0 Å². The second kappa shape index (κ2) is 24.1. The minimum atomic E-state index is -2.49. The van der Waals surface area contributed by atoms with Crippen LogP contribution in [0.1, 0.15) is 110 Å². The third kappa shape index (κ3) is 19.9. The van der Waals surface area contributed by atoms with E-state index in [0.29, 0.717) is 0 Å². The van der Waals surface area contributed by atoms with Crippen LogP contribution in [0.4, 0.5) is 0 Å². The monoisotopic (exact) mass is 502 g/mol. The van der Waals surface area contributed by atoms with Gasteiger partial charge in [-0.05, 0) is 36.3 Å². The fourth-order valence-corrected chi connectivity index (χ4v) is 16.1. The van der Waals surface area contributed by atoms with Crippen LogP contribution in [0.25, 0.3) is 0 Å². The van der Waals surface area contributed by atoms with Gasteiger partial charge in [-0.2, -0.15) is 0 Å². The van der Waals surface area contributed by atoms with Crippen LogP contribution in [0.3, 0.4) is 0 Å². The Balaban J connectivity index is 3.17. The molecule has 0 aliphatic heterocycles. The van der Waals surface area contributed by atoms with Crippen molar-refractivity contribution < 1.29 is 13.3 Å². The van der Waals surface area contributed by atoms with Gasteiger partial charge >= 0.3 is 7.95 Å². The van der Waals surface area contributed by atoms with Gasteiger partial charge in [-0.3, -0.25) is 0 Å². The molecule has 0 spiro atoms. The second-order valence-corrected chi connectivity index (χ2v) is 18.2. The van der Waals surface area contributed by atoms with Gasteiger partial charge < -0.3 is 13.3 Å². The van der Waals surface area contributed by atoms with Gasteiger partial charge in [0, 0.05) is 27.1 Å². The topological polar surface area (TPSA) is 27.7 Å². The quantitative estimate of drug-likeness (QED) is 0.0737. The fraction of sp³-hybridized carbons (Fsp3) is 1.00. The Labute approximate surface area is 197 Å². The highest BCUT2D eigenvalue weighted by Crippen LogP contribution is 2.47. The Morgan fingerprint density at radius 1 is 0.517 bits per heavy atom. The van der Waals surface area contributed by atoms with Crippen molar-refractivity contribution in [3.8, 4) is 0 Å². The summed E-state index contributed by atoms with van der Waals surface area (Å²) < 4.78 is 16.2. The van der Waals surface area contributed by atoms with Gasteiger partial charge in [-0.1, -0.05) is 114 Å². The molecule has 0 fully saturated rings. The molecule has 0 aromatic rings. The summed E-state index contributed by atoms with van der Waals surface area (Å²) in [4.78, 5) is 0. The summed E-state index contributed by atoms with van der Waals surface area (Å²) >= 11 is 0. The lowest BCUT2D eigenvalue weighted by Gasteiger charge is -2.21. The van der Waals surface area contributed by atoms with E-state index in [2.05, 4.69) is 6.92 Å². The summed E-state index contributed by atoms with van der Waals surface area (Å²) in [5.74, 6) is 1.22. The molecule has 0 heterocycles. The summed E-state index contributed by atoms with van der Waals surface area (Å²) in [7, 11) is 9.50. The van der Waals surface area contributed by atoms with Gasteiger partial charge in [-0.15, -0.1) is 0 Å². The second-order valence-electron chi connectivity index (χ2n) is 7.46. The molecule has 0 aliphatic carbocycles. The first-order valence-corrected chi connectivity index (χ1v) is 19.0. The number of rotatable bonds is 24. The number of unbranched alkanes of at least 4 members (excludes halogenated alkanes) is 15. The fourth-order valence-electron chi connectivity index (χ4n) is 3.17. The molecule has 0 saturated carbocycles. The van der Waals surface area contributed by atoms with Crippen molar-refractivity contribution in [1.29, 1.82) is 0 Å². The minimum absolute atomic E-state index is 1.22. The molecule has 0 unspecified atom stereocenters. The molecule has 0 aliphatic rings. The van der Waals surface area contributed by atoms with Gasteiger partial charge in [-0.25, -0.2) is 0 Å². The molecular weight excluding hydrogens is 457 g/mol. The Hall–Kier alpha value is 1.50. The van der Waals surface area contributed by atoms with Gasteiger partial charge in [0.1, 0.15) is 0 Å². The average Bonchev–Trinajstić information content (AvgIpc) is 2.75. The van der Waals surface area contributed by atoms with E-state index in [1.54, 1.807) is 51.2 Å². The van der Waals surface area contributed by atoms with Crippen molar-refractivity contribution in [3.05, 3.63) is 0 Å². The molecule has 0 aromatic carbocycles. The highest BCUT2D eigenvalue weighted by atomic mass is 33.7. The maximum Gasteiger partial charge on any atom is 0.584 e. The van der Waals surface area contributed by atoms with Crippen LogP contribution in [-0.2, 0) is 13.3 Å². The Morgan fingerprint density at radius 2 is 0.897 bits per heavy atom. The first kappa shape index (κ1) is 30.5. The Morgan fingerprint density at radius 3 is 1.28 bits per heavy atom. The van der Waals surface area contributed by atoms with Gasteiger partial charge in [0.25, 0.3) is 0 Å². The Kier molecular flexibility index (Phi) is 25.4. The smallest absolute Gasteiger partial charge is 0.368 e.